The second-order valence-electron chi connectivity index (χ2n) is 6.62. The lowest BCUT2D eigenvalue weighted by molar-refractivity contribution is -0.121. The number of rotatable bonds is 8. The first-order valence-electron chi connectivity index (χ1n) is 9.27. The van der Waals surface area contributed by atoms with Crippen LogP contribution in [0.2, 0.25) is 0 Å². The van der Waals surface area contributed by atoms with Crippen molar-refractivity contribution in [3.63, 3.8) is 0 Å². The minimum atomic E-state index is -0.0798. The van der Waals surface area contributed by atoms with Gasteiger partial charge in [-0.25, -0.2) is 0 Å². The Kier molecular flexibility index (Phi) is 7.12. The summed E-state index contributed by atoms with van der Waals surface area (Å²) in [6.07, 6.45) is 3.51. The summed E-state index contributed by atoms with van der Waals surface area (Å²) < 4.78 is 12.1. The van der Waals surface area contributed by atoms with Crippen LogP contribution in [-0.2, 0) is 4.79 Å². The van der Waals surface area contributed by atoms with E-state index >= 15 is 0 Å². The van der Waals surface area contributed by atoms with E-state index in [9.17, 15) is 4.79 Å². The molecule has 0 bridgehead atoms. The average Bonchev–Trinajstić information content (AvgIpc) is 2.97. The predicted molar refractivity (Wildman–Crippen MR) is 123 cm³/mol. The Balaban J connectivity index is 1.53. The van der Waals surface area contributed by atoms with E-state index in [2.05, 4.69) is 18.7 Å². The average molecular weight is 426 g/mol. The number of hydrogen-bond donors (Lipinski definition) is 0. The lowest BCUT2D eigenvalue weighted by Crippen LogP contribution is -2.27. The highest BCUT2D eigenvalue weighted by atomic mass is 32.2. The first-order chi connectivity index (χ1) is 14.0. The van der Waals surface area contributed by atoms with Gasteiger partial charge in [0.2, 0.25) is 0 Å². The molecule has 6 heteroatoms. The number of thioether (sulfide) groups is 1. The molecule has 1 heterocycles. The van der Waals surface area contributed by atoms with E-state index in [1.165, 1.54) is 17.3 Å². The monoisotopic (exact) mass is 425 g/mol. The number of amides is 1. The van der Waals surface area contributed by atoms with Crippen molar-refractivity contribution < 1.29 is 14.3 Å². The lowest BCUT2D eigenvalue weighted by atomic mass is 10.1. The molecular weight excluding hydrogens is 402 g/mol. The van der Waals surface area contributed by atoms with Crippen molar-refractivity contribution >= 4 is 40.3 Å². The van der Waals surface area contributed by atoms with E-state index in [4.69, 9.17) is 21.7 Å². The number of ether oxygens (including phenoxy) is 2. The van der Waals surface area contributed by atoms with E-state index in [0.29, 0.717) is 29.0 Å². The molecule has 1 aliphatic rings. The van der Waals surface area contributed by atoms with Gasteiger partial charge in [0.25, 0.3) is 5.91 Å². The number of carbonyl (C=O) groups excluding carboxylic acids is 1. The van der Waals surface area contributed by atoms with E-state index < -0.39 is 0 Å². The van der Waals surface area contributed by atoms with E-state index in [1.54, 1.807) is 11.0 Å². The normalized spacial score (nSPS) is 15.1. The minimum absolute atomic E-state index is 0.0798. The maximum absolute atomic E-state index is 12.4. The maximum atomic E-state index is 12.4. The molecule has 29 heavy (non-hydrogen) atoms. The Morgan fingerprint density at radius 2 is 1.83 bits per heavy atom. The smallest absolute Gasteiger partial charge is 0.266 e. The fraction of sp³-hybridized carbons (Fsp3) is 0.217. The van der Waals surface area contributed by atoms with Gasteiger partial charge in [0.05, 0.1) is 4.91 Å². The van der Waals surface area contributed by atoms with Crippen molar-refractivity contribution in [2.75, 3.05) is 19.8 Å². The molecule has 0 radical (unpaired) electrons. The summed E-state index contributed by atoms with van der Waals surface area (Å²) in [7, 11) is 0. The summed E-state index contributed by atoms with van der Waals surface area (Å²) in [5.41, 5.74) is 3.20. The van der Waals surface area contributed by atoms with Gasteiger partial charge >= 0.3 is 0 Å². The van der Waals surface area contributed by atoms with Crippen LogP contribution in [0.5, 0.6) is 11.5 Å². The van der Waals surface area contributed by atoms with Crippen LogP contribution in [0, 0.1) is 13.8 Å². The van der Waals surface area contributed by atoms with E-state index in [-0.39, 0.29) is 5.91 Å². The fourth-order valence-electron chi connectivity index (χ4n) is 2.77. The van der Waals surface area contributed by atoms with Crippen LogP contribution in [0.15, 0.2) is 60.0 Å². The number of carbonyl (C=O) groups is 1. The van der Waals surface area contributed by atoms with Gasteiger partial charge in [-0.15, -0.1) is 6.58 Å². The van der Waals surface area contributed by atoms with Crippen LogP contribution in [0.25, 0.3) is 6.08 Å². The Labute approximate surface area is 181 Å². The van der Waals surface area contributed by atoms with E-state index in [1.807, 2.05) is 50.3 Å². The van der Waals surface area contributed by atoms with Gasteiger partial charge in [-0.05, 0) is 54.8 Å². The topological polar surface area (TPSA) is 38.8 Å². The first-order valence-corrected chi connectivity index (χ1v) is 10.5. The van der Waals surface area contributed by atoms with Crippen LogP contribution in [-0.4, -0.2) is 34.9 Å². The van der Waals surface area contributed by atoms with Crippen LogP contribution in [0.4, 0.5) is 0 Å². The van der Waals surface area contributed by atoms with E-state index in [0.717, 1.165) is 22.6 Å². The predicted octanol–water partition coefficient (Wildman–Crippen LogP) is 5.15. The lowest BCUT2D eigenvalue weighted by Gasteiger charge is -2.11. The molecule has 0 N–H and O–H groups in total. The molecule has 3 rings (SSSR count). The van der Waals surface area contributed by atoms with Gasteiger partial charge in [-0.1, -0.05) is 54.3 Å². The first kappa shape index (κ1) is 21.1. The van der Waals surface area contributed by atoms with Crippen LogP contribution < -0.4 is 9.47 Å². The van der Waals surface area contributed by atoms with Crippen molar-refractivity contribution in [3.05, 3.63) is 76.7 Å². The summed E-state index contributed by atoms with van der Waals surface area (Å²) in [5.74, 6) is 1.56. The molecule has 2 aromatic carbocycles. The van der Waals surface area contributed by atoms with Gasteiger partial charge < -0.3 is 9.47 Å². The molecule has 0 aromatic heterocycles. The molecule has 4 nitrogen and oxygen atoms in total. The third-order valence-electron chi connectivity index (χ3n) is 4.32. The molecular formula is C23H23NO3S2. The standard InChI is InChI=1S/C23H23NO3S2/c1-4-11-24-22(25)21(29-23(24)28)15-18-7-9-19(10-8-18)26-12-13-27-20-14-16(2)5-6-17(20)3/h4-10,14-15H,1,11-13H2,2-3H3/b21-15+. The number of aryl methyl sites for hydroxylation is 2. The number of hydrogen-bond acceptors (Lipinski definition) is 5. The van der Waals surface area contributed by atoms with Crippen molar-refractivity contribution in [1.82, 2.24) is 4.90 Å². The molecule has 2 aromatic rings. The molecule has 1 fully saturated rings. The highest BCUT2D eigenvalue weighted by Gasteiger charge is 2.30. The number of nitrogens with zero attached hydrogens (tertiary/aromatic N) is 1. The zero-order valence-electron chi connectivity index (χ0n) is 16.5. The van der Waals surface area contributed by atoms with Gasteiger partial charge in [0, 0.05) is 6.54 Å². The van der Waals surface area contributed by atoms with Crippen LogP contribution in [0.3, 0.4) is 0 Å². The largest absolute Gasteiger partial charge is 0.490 e. The molecule has 0 aliphatic carbocycles. The second kappa shape index (κ2) is 9.76. The number of thiocarbonyl (C=S) groups is 1. The molecule has 150 valence electrons. The van der Waals surface area contributed by atoms with Crippen molar-refractivity contribution in [3.8, 4) is 11.5 Å². The summed E-state index contributed by atoms with van der Waals surface area (Å²) in [6.45, 7) is 9.08. The Morgan fingerprint density at radius 1 is 1.10 bits per heavy atom. The Hall–Kier alpha value is -2.57. The zero-order chi connectivity index (χ0) is 20.8. The molecule has 0 atom stereocenters. The quantitative estimate of drug-likeness (QED) is 0.253. The maximum Gasteiger partial charge on any atom is 0.266 e. The Bertz CT molecular complexity index is 951. The fourth-order valence-corrected chi connectivity index (χ4v) is 4.05. The van der Waals surface area contributed by atoms with Crippen molar-refractivity contribution in [1.29, 1.82) is 0 Å². The highest BCUT2D eigenvalue weighted by Crippen LogP contribution is 2.32. The minimum Gasteiger partial charge on any atom is -0.490 e. The van der Waals surface area contributed by atoms with Gasteiger partial charge in [-0.3, -0.25) is 9.69 Å². The zero-order valence-corrected chi connectivity index (χ0v) is 18.1. The van der Waals surface area contributed by atoms with Crippen LogP contribution >= 0.6 is 24.0 Å². The van der Waals surface area contributed by atoms with Crippen molar-refractivity contribution in [2.45, 2.75) is 13.8 Å². The molecule has 0 spiro atoms. The SMILES string of the molecule is C=CCN1C(=O)/C(=C\c2ccc(OCCOc3cc(C)ccc3C)cc2)SC1=S. The number of benzene rings is 2. The molecule has 1 aliphatic heterocycles. The van der Waals surface area contributed by atoms with Gasteiger partial charge in [0.1, 0.15) is 29.0 Å². The Morgan fingerprint density at radius 3 is 2.55 bits per heavy atom. The van der Waals surface area contributed by atoms with Crippen LogP contribution in [0.1, 0.15) is 16.7 Å². The van der Waals surface area contributed by atoms with Gasteiger partial charge in [0.15, 0.2) is 0 Å². The summed E-state index contributed by atoms with van der Waals surface area (Å²) >= 11 is 6.57. The second-order valence-corrected chi connectivity index (χ2v) is 8.29. The molecule has 1 saturated heterocycles. The van der Waals surface area contributed by atoms with Crippen molar-refractivity contribution in [2.24, 2.45) is 0 Å². The summed E-state index contributed by atoms with van der Waals surface area (Å²) in [5, 5.41) is 0. The molecule has 1 amide bonds. The molecule has 0 unspecified atom stereocenters. The summed E-state index contributed by atoms with van der Waals surface area (Å²) in [4.78, 5) is 14.5. The summed E-state index contributed by atoms with van der Waals surface area (Å²) in [6, 6.07) is 13.7. The molecule has 0 saturated carbocycles. The van der Waals surface area contributed by atoms with Gasteiger partial charge in [-0.2, -0.15) is 0 Å². The third-order valence-corrected chi connectivity index (χ3v) is 5.69. The third kappa shape index (κ3) is 5.49. The highest BCUT2D eigenvalue weighted by molar-refractivity contribution is 8.26.